The molecule has 1 heterocycles. The minimum absolute atomic E-state index is 0.156. The summed E-state index contributed by atoms with van der Waals surface area (Å²) in [4.78, 5) is 0. The summed E-state index contributed by atoms with van der Waals surface area (Å²) in [6.45, 7) is 6.33. The van der Waals surface area contributed by atoms with Crippen molar-refractivity contribution in [2.24, 2.45) is 5.41 Å². The molecule has 6 heteroatoms. The lowest BCUT2D eigenvalue weighted by molar-refractivity contribution is -0.137. The molecule has 114 valence electrons. The molecule has 0 aliphatic heterocycles. The van der Waals surface area contributed by atoms with E-state index in [-0.39, 0.29) is 11.3 Å². The topological polar surface area (TPSA) is 38.9 Å². The lowest BCUT2D eigenvalue weighted by Gasteiger charge is -2.15. The molecule has 0 saturated heterocycles. The molecular weight excluding hydrogens is 281 g/mol. The van der Waals surface area contributed by atoms with Gasteiger partial charge in [0.15, 0.2) is 0 Å². The molecule has 2 aromatic rings. The van der Waals surface area contributed by atoms with Crippen molar-refractivity contribution < 1.29 is 17.6 Å². The van der Waals surface area contributed by atoms with Crippen molar-refractivity contribution >= 4 is 0 Å². The first-order chi connectivity index (χ1) is 9.65. The highest BCUT2D eigenvalue weighted by Gasteiger charge is 2.30. The van der Waals surface area contributed by atoms with Gasteiger partial charge in [0, 0.05) is 12.0 Å². The fraction of sp³-hybridized carbons (Fsp3) is 0.467. The van der Waals surface area contributed by atoms with E-state index in [1.54, 1.807) is 0 Å². The van der Waals surface area contributed by atoms with Crippen LogP contribution in [0.4, 0.5) is 13.2 Å². The Kier molecular flexibility index (Phi) is 4.07. The highest BCUT2D eigenvalue weighted by atomic mass is 19.4. The van der Waals surface area contributed by atoms with Crippen LogP contribution in [-0.4, -0.2) is 10.2 Å². The summed E-state index contributed by atoms with van der Waals surface area (Å²) in [6.07, 6.45) is -2.80. The van der Waals surface area contributed by atoms with E-state index in [1.807, 2.05) is 0 Å². The van der Waals surface area contributed by atoms with Gasteiger partial charge in [-0.3, -0.25) is 0 Å². The summed E-state index contributed by atoms with van der Waals surface area (Å²) in [6, 6.07) is 4.69. The van der Waals surface area contributed by atoms with Gasteiger partial charge in [-0.2, -0.15) is 13.2 Å². The van der Waals surface area contributed by atoms with E-state index in [0.29, 0.717) is 17.9 Å². The zero-order valence-corrected chi connectivity index (χ0v) is 12.2. The van der Waals surface area contributed by atoms with E-state index < -0.39 is 11.7 Å². The second-order valence-electron chi connectivity index (χ2n) is 6.14. The van der Waals surface area contributed by atoms with Gasteiger partial charge in [-0.25, -0.2) is 0 Å². The Balaban J connectivity index is 2.11. The van der Waals surface area contributed by atoms with Gasteiger partial charge >= 0.3 is 6.18 Å². The molecule has 0 atom stereocenters. The van der Waals surface area contributed by atoms with Crippen LogP contribution in [0.1, 0.15) is 38.6 Å². The molecule has 3 nitrogen and oxygen atoms in total. The van der Waals surface area contributed by atoms with Crippen molar-refractivity contribution in [3.63, 3.8) is 0 Å². The maximum absolute atomic E-state index is 12.5. The van der Waals surface area contributed by atoms with Crippen LogP contribution in [-0.2, 0) is 12.6 Å². The number of alkyl halides is 3. The second kappa shape index (κ2) is 5.50. The van der Waals surface area contributed by atoms with Gasteiger partial charge in [-0.1, -0.05) is 20.8 Å². The lowest BCUT2D eigenvalue weighted by atomic mass is 9.91. The van der Waals surface area contributed by atoms with Crippen molar-refractivity contribution in [3.8, 4) is 11.5 Å². The summed E-state index contributed by atoms with van der Waals surface area (Å²) in [5, 5.41) is 7.81. The Morgan fingerprint density at radius 1 is 1.00 bits per heavy atom. The third-order valence-electron chi connectivity index (χ3n) is 3.01. The van der Waals surface area contributed by atoms with Crippen LogP contribution in [0.5, 0.6) is 0 Å². The standard InChI is InChI=1S/C15H17F3N2O/c1-14(2,3)9-8-12-19-20-13(21-12)10-4-6-11(7-5-10)15(16,17)18/h4-7H,8-9H2,1-3H3. The Morgan fingerprint density at radius 3 is 2.14 bits per heavy atom. The highest BCUT2D eigenvalue weighted by molar-refractivity contribution is 5.53. The number of nitrogens with zero attached hydrogens (tertiary/aromatic N) is 2. The average Bonchev–Trinajstić information content (AvgIpc) is 2.83. The molecule has 0 bridgehead atoms. The Bertz CT molecular complexity index is 595. The van der Waals surface area contributed by atoms with E-state index in [1.165, 1.54) is 12.1 Å². The molecule has 2 rings (SSSR count). The summed E-state index contributed by atoms with van der Waals surface area (Å²) in [5.41, 5.74) is -0.0561. The van der Waals surface area contributed by atoms with Crippen molar-refractivity contribution in [1.29, 1.82) is 0 Å². The van der Waals surface area contributed by atoms with Crippen molar-refractivity contribution in [2.75, 3.05) is 0 Å². The maximum Gasteiger partial charge on any atom is 0.416 e. The van der Waals surface area contributed by atoms with Crippen LogP contribution in [0.2, 0.25) is 0 Å². The first kappa shape index (κ1) is 15.5. The SMILES string of the molecule is CC(C)(C)CCc1nnc(-c2ccc(C(F)(F)F)cc2)o1. The number of aromatic nitrogens is 2. The number of halogens is 3. The van der Waals surface area contributed by atoms with Crippen molar-refractivity contribution in [1.82, 2.24) is 10.2 Å². The zero-order valence-electron chi connectivity index (χ0n) is 12.2. The number of hydrogen-bond acceptors (Lipinski definition) is 3. The van der Waals surface area contributed by atoms with Crippen LogP contribution in [0.3, 0.4) is 0 Å². The highest BCUT2D eigenvalue weighted by Crippen LogP contribution is 2.31. The van der Waals surface area contributed by atoms with Gasteiger partial charge in [-0.15, -0.1) is 10.2 Å². The number of benzene rings is 1. The van der Waals surface area contributed by atoms with Gasteiger partial charge < -0.3 is 4.42 Å². The molecule has 0 N–H and O–H groups in total. The predicted molar refractivity (Wildman–Crippen MR) is 72.5 cm³/mol. The molecule has 1 aromatic heterocycles. The Morgan fingerprint density at radius 2 is 1.62 bits per heavy atom. The molecule has 0 aliphatic carbocycles. The van der Waals surface area contributed by atoms with E-state index in [4.69, 9.17) is 4.42 Å². The van der Waals surface area contributed by atoms with Gasteiger partial charge in [-0.05, 0) is 36.1 Å². The van der Waals surface area contributed by atoms with E-state index in [9.17, 15) is 13.2 Å². The molecule has 0 spiro atoms. The zero-order chi connectivity index (χ0) is 15.7. The van der Waals surface area contributed by atoms with Crippen LogP contribution < -0.4 is 0 Å². The second-order valence-corrected chi connectivity index (χ2v) is 6.14. The van der Waals surface area contributed by atoms with Crippen molar-refractivity contribution in [2.45, 2.75) is 39.8 Å². The summed E-state index contributed by atoms with van der Waals surface area (Å²) < 4.78 is 42.9. The smallest absolute Gasteiger partial charge is 0.416 e. The Labute approximate surface area is 121 Å². The first-order valence-corrected chi connectivity index (χ1v) is 6.65. The fourth-order valence-corrected chi connectivity index (χ4v) is 1.76. The summed E-state index contributed by atoms with van der Waals surface area (Å²) >= 11 is 0. The van der Waals surface area contributed by atoms with E-state index in [2.05, 4.69) is 31.0 Å². The minimum atomic E-state index is -4.34. The fourth-order valence-electron chi connectivity index (χ4n) is 1.76. The third kappa shape index (κ3) is 4.31. The van der Waals surface area contributed by atoms with Crippen molar-refractivity contribution in [3.05, 3.63) is 35.7 Å². The van der Waals surface area contributed by atoms with Gasteiger partial charge in [0.2, 0.25) is 11.8 Å². The molecule has 1 aromatic carbocycles. The molecule has 0 aliphatic rings. The van der Waals surface area contributed by atoms with Gasteiger partial charge in [0.25, 0.3) is 0 Å². The Hall–Kier alpha value is -1.85. The largest absolute Gasteiger partial charge is 0.421 e. The molecule has 0 unspecified atom stereocenters. The van der Waals surface area contributed by atoms with Crippen LogP contribution in [0.25, 0.3) is 11.5 Å². The maximum atomic E-state index is 12.5. The molecule has 21 heavy (non-hydrogen) atoms. The molecular formula is C15H17F3N2O. The normalized spacial score (nSPS) is 12.7. The minimum Gasteiger partial charge on any atom is -0.421 e. The van der Waals surface area contributed by atoms with Gasteiger partial charge in [0.1, 0.15) is 0 Å². The third-order valence-corrected chi connectivity index (χ3v) is 3.01. The van der Waals surface area contributed by atoms with Crippen LogP contribution in [0, 0.1) is 5.41 Å². The molecule has 0 fully saturated rings. The van der Waals surface area contributed by atoms with Crippen LogP contribution in [0.15, 0.2) is 28.7 Å². The molecule has 0 saturated carbocycles. The molecule has 0 amide bonds. The summed E-state index contributed by atoms with van der Waals surface area (Å²) in [5.74, 6) is 0.743. The quantitative estimate of drug-likeness (QED) is 0.822. The van der Waals surface area contributed by atoms with Crippen LogP contribution >= 0.6 is 0 Å². The predicted octanol–water partition coefficient (Wildman–Crippen LogP) is 4.73. The molecule has 0 radical (unpaired) electrons. The monoisotopic (exact) mass is 298 g/mol. The summed E-state index contributed by atoms with van der Waals surface area (Å²) in [7, 11) is 0. The number of aryl methyl sites for hydroxylation is 1. The lowest BCUT2D eigenvalue weighted by Crippen LogP contribution is -2.06. The number of hydrogen-bond donors (Lipinski definition) is 0. The van der Waals surface area contributed by atoms with E-state index in [0.717, 1.165) is 18.6 Å². The first-order valence-electron chi connectivity index (χ1n) is 6.65. The number of rotatable bonds is 3. The van der Waals surface area contributed by atoms with Gasteiger partial charge in [0.05, 0.1) is 5.56 Å². The average molecular weight is 298 g/mol. The van der Waals surface area contributed by atoms with E-state index >= 15 is 0 Å².